The summed E-state index contributed by atoms with van der Waals surface area (Å²) in [6, 6.07) is 16.5. The molecule has 1 fully saturated rings. The minimum atomic E-state index is -0.718. The van der Waals surface area contributed by atoms with Crippen LogP contribution in [0.1, 0.15) is 22.0 Å². The van der Waals surface area contributed by atoms with Crippen molar-refractivity contribution in [3.63, 3.8) is 0 Å². The number of likely N-dealkylation sites (tertiary alicyclic amines) is 1. The Morgan fingerprint density at radius 1 is 0.966 bits per heavy atom. The van der Waals surface area contributed by atoms with Gasteiger partial charge in [-0.25, -0.2) is 0 Å². The van der Waals surface area contributed by atoms with Crippen molar-refractivity contribution in [1.29, 1.82) is 0 Å². The van der Waals surface area contributed by atoms with Crippen molar-refractivity contribution >= 4 is 52.0 Å². The summed E-state index contributed by atoms with van der Waals surface area (Å²) in [5.41, 5.74) is 1.17. The van der Waals surface area contributed by atoms with Crippen molar-refractivity contribution in [2.24, 2.45) is 0 Å². The molecule has 4 nitrogen and oxygen atoms in total. The third kappa shape index (κ3) is 3.81. The minimum Gasteiger partial charge on any atom is -0.507 e. The first-order valence-electron chi connectivity index (χ1n) is 8.78. The lowest BCUT2D eigenvalue weighted by molar-refractivity contribution is -0.140. The van der Waals surface area contributed by atoms with Gasteiger partial charge in [-0.15, -0.1) is 11.3 Å². The van der Waals surface area contributed by atoms with Crippen LogP contribution in [0.2, 0.25) is 10.0 Å². The molecule has 3 aromatic rings. The van der Waals surface area contributed by atoms with E-state index in [2.05, 4.69) is 0 Å². The number of carbonyl (C=O) groups is 2. The average molecular weight is 444 g/mol. The van der Waals surface area contributed by atoms with Crippen molar-refractivity contribution in [1.82, 2.24) is 4.90 Å². The molecule has 1 unspecified atom stereocenters. The third-order valence-electron chi connectivity index (χ3n) is 4.75. The van der Waals surface area contributed by atoms with Gasteiger partial charge in [-0.05, 0) is 53.4 Å². The van der Waals surface area contributed by atoms with E-state index in [0.717, 1.165) is 4.88 Å². The van der Waals surface area contributed by atoms with E-state index in [1.54, 1.807) is 48.5 Å². The summed E-state index contributed by atoms with van der Waals surface area (Å²) < 4.78 is 0. The van der Waals surface area contributed by atoms with E-state index in [1.807, 2.05) is 17.5 Å². The second-order valence-corrected chi connectivity index (χ2v) is 8.47. The van der Waals surface area contributed by atoms with Crippen molar-refractivity contribution in [2.45, 2.75) is 12.6 Å². The van der Waals surface area contributed by atoms with E-state index in [4.69, 9.17) is 23.2 Å². The fourth-order valence-corrected chi connectivity index (χ4v) is 4.32. The number of hydrogen-bond acceptors (Lipinski definition) is 4. The van der Waals surface area contributed by atoms with Gasteiger partial charge in [-0.3, -0.25) is 9.59 Å². The molecule has 1 aliphatic rings. The quantitative estimate of drug-likeness (QED) is 0.320. The molecule has 146 valence electrons. The van der Waals surface area contributed by atoms with Crippen molar-refractivity contribution in [3.8, 4) is 0 Å². The molecular formula is C22H15Cl2NO3S. The molecule has 1 N–H and O–H groups in total. The molecule has 1 aromatic heterocycles. The molecule has 0 bridgehead atoms. The largest absolute Gasteiger partial charge is 0.507 e. The van der Waals surface area contributed by atoms with E-state index < -0.39 is 17.7 Å². The van der Waals surface area contributed by atoms with Gasteiger partial charge in [-0.2, -0.15) is 0 Å². The Balaban J connectivity index is 1.86. The fourth-order valence-electron chi connectivity index (χ4n) is 3.37. The highest BCUT2D eigenvalue weighted by atomic mass is 35.5. The van der Waals surface area contributed by atoms with E-state index >= 15 is 0 Å². The Bertz CT molecular complexity index is 1090. The highest BCUT2D eigenvalue weighted by molar-refractivity contribution is 7.09. The summed E-state index contributed by atoms with van der Waals surface area (Å²) in [7, 11) is 0. The zero-order chi connectivity index (χ0) is 20.5. The third-order valence-corrected chi connectivity index (χ3v) is 6.11. The molecule has 0 saturated carbocycles. The molecule has 0 aliphatic carbocycles. The zero-order valence-electron chi connectivity index (χ0n) is 15.0. The zero-order valence-corrected chi connectivity index (χ0v) is 17.3. The number of rotatable bonds is 4. The number of halogens is 2. The monoisotopic (exact) mass is 443 g/mol. The number of aliphatic hydroxyl groups excluding tert-OH is 1. The lowest BCUT2D eigenvalue weighted by Crippen LogP contribution is -2.28. The predicted octanol–water partition coefficient (Wildman–Crippen LogP) is 5.68. The second-order valence-electron chi connectivity index (χ2n) is 6.56. The van der Waals surface area contributed by atoms with Crippen LogP contribution in [0.3, 0.4) is 0 Å². The van der Waals surface area contributed by atoms with E-state index in [0.29, 0.717) is 21.2 Å². The number of amides is 1. The van der Waals surface area contributed by atoms with E-state index in [9.17, 15) is 14.7 Å². The molecule has 1 atom stereocenters. The first-order valence-corrected chi connectivity index (χ1v) is 10.4. The van der Waals surface area contributed by atoms with Gasteiger partial charge in [0.25, 0.3) is 11.7 Å². The number of Topliss-reactive ketones (excluding diaryl/α,β-unsaturated/α-hetero) is 1. The maximum absolute atomic E-state index is 12.9. The first kappa shape index (κ1) is 19.7. The van der Waals surface area contributed by atoms with Gasteiger partial charge < -0.3 is 10.0 Å². The minimum absolute atomic E-state index is 0.0520. The number of aliphatic hydroxyl groups is 1. The van der Waals surface area contributed by atoms with Crippen LogP contribution in [0.5, 0.6) is 0 Å². The average Bonchev–Trinajstić information content (AvgIpc) is 3.31. The molecule has 2 aromatic carbocycles. The van der Waals surface area contributed by atoms with Gasteiger partial charge in [0.2, 0.25) is 0 Å². The summed E-state index contributed by atoms with van der Waals surface area (Å²) in [4.78, 5) is 28.2. The topological polar surface area (TPSA) is 57.6 Å². The van der Waals surface area contributed by atoms with Gasteiger partial charge >= 0.3 is 0 Å². The fraction of sp³-hybridized carbons (Fsp3) is 0.0909. The number of benzene rings is 2. The molecule has 7 heteroatoms. The molecule has 1 amide bonds. The molecule has 1 saturated heterocycles. The van der Waals surface area contributed by atoms with Crippen molar-refractivity contribution in [3.05, 3.63) is 97.7 Å². The van der Waals surface area contributed by atoms with Crippen LogP contribution >= 0.6 is 34.5 Å². The van der Waals surface area contributed by atoms with Gasteiger partial charge in [0.1, 0.15) is 5.76 Å². The van der Waals surface area contributed by atoms with Crippen molar-refractivity contribution in [2.75, 3.05) is 0 Å². The van der Waals surface area contributed by atoms with E-state index in [-0.39, 0.29) is 17.9 Å². The number of ketones is 1. The van der Waals surface area contributed by atoms with Crippen LogP contribution in [0, 0.1) is 0 Å². The predicted molar refractivity (Wildman–Crippen MR) is 115 cm³/mol. The normalized spacial score (nSPS) is 18.4. The highest BCUT2D eigenvalue weighted by Gasteiger charge is 2.46. The van der Waals surface area contributed by atoms with Gasteiger partial charge in [0, 0.05) is 20.5 Å². The van der Waals surface area contributed by atoms with Crippen LogP contribution in [0.25, 0.3) is 5.76 Å². The first-order chi connectivity index (χ1) is 14.0. The number of nitrogens with zero attached hydrogens (tertiary/aromatic N) is 1. The highest BCUT2D eigenvalue weighted by Crippen LogP contribution is 2.40. The Kier molecular flexibility index (Phi) is 5.46. The molecule has 29 heavy (non-hydrogen) atoms. The Labute approximate surface area is 181 Å². The molecular weight excluding hydrogens is 429 g/mol. The second kappa shape index (κ2) is 8.03. The van der Waals surface area contributed by atoms with Gasteiger partial charge in [0.05, 0.1) is 18.2 Å². The number of hydrogen-bond donors (Lipinski definition) is 1. The van der Waals surface area contributed by atoms with Gasteiger partial charge in [-0.1, -0.05) is 41.4 Å². The molecule has 1 aliphatic heterocycles. The van der Waals surface area contributed by atoms with Gasteiger partial charge in [0.15, 0.2) is 0 Å². The standard InChI is InChI=1S/C22H15Cl2NO3S/c23-15-7-3-13(4-8-15)19-18(20(26)14-5-9-16(24)10-6-14)21(27)22(28)25(19)12-17-2-1-11-29-17/h1-11,19,26H,12H2/b20-18+. The Hall–Kier alpha value is -2.60. The van der Waals surface area contributed by atoms with Crippen LogP contribution in [0.4, 0.5) is 0 Å². The lowest BCUT2D eigenvalue weighted by Gasteiger charge is -2.25. The van der Waals surface area contributed by atoms with Crippen LogP contribution in [0.15, 0.2) is 71.6 Å². The summed E-state index contributed by atoms with van der Waals surface area (Å²) in [5.74, 6) is -1.59. The summed E-state index contributed by atoms with van der Waals surface area (Å²) >= 11 is 13.4. The molecule has 4 rings (SSSR count). The molecule has 0 radical (unpaired) electrons. The van der Waals surface area contributed by atoms with Crippen molar-refractivity contribution < 1.29 is 14.7 Å². The summed E-state index contributed by atoms with van der Waals surface area (Å²) in [6.45, 7) is 0.271. The number of carbonyl (C=O) groups excluding carboxylic acids is 2. The Morgan fingerprint density at radius 2 is 1.59 bits per heavy atom. The maximum atomic E-state index is 12.9. The molecule has 2 heterocycles. The summed E-state index contributed by atoms with van der Waals surface area (Å²) in [6.07, 6.45) is 0. The smallest absolute Gasteiger partial charge is 0.295 e. The number of thiophene rings is 1. The molecule has 0 spiro atoms. The SMILES string of the molecule is O=C1C(=O)N(Cc2cccs2)C(c2ccc(Cl)cc2)/C1=C(\O)c1ccc(Cl)cc1. The lowest BCUT2D eigenvalue weighted by atomic mass is 9.95. The van der Waals surface area contributed by atoms with Crippen LogP contribution in [-0.4, -0.2) is 21.7 Å². The Morgan fingerprint density at radius 3 is 2.17 bits per heavy atom. The van der Waals surface area contributed by atoms with Crippen LogP contribution in [-0.2, 0) is 16.1 Å². The van der Waals surface area contributed by atoms with E-state index in [1.165, 1.54) is 16.2 Å². The van der Waals surface area contributed by atoms with Crippen LogP contribution < -0.4 is 0 Å². The maximum Gasteiger partial charge on any atom is 0.295 e. The summed E-state index contributed by atoms with van der Waals surface area (Å²) in [5, 5.41) is 13.9.